The van der Waals surface area contributed by atoms with Gasteiger partial charge in [0.05, 0.1) is 6.61 Å². The molecule has 112 valence electrons. The molecule has 1 unspecified atom stereocenters. The lowest BCUT2D eigenvalue weighted by atomic mass is 9.99. The van der Waals surface area contributed by atoms with Gasteiger partial charge < -0.3 is 10.1 Å². The van der Waals surface area contributed by atoms with Crippen LogP contribution >= 0.6 is 0 Å². The zero-order chi connectivity index (χ0) is 15.2. The van der Waals surface area contributed by atoms with E-state index in [9.17, 15) is 0 Å². The van der Waals surface area contributed by atoms with E-state index < -0.39 is 0 Å². The molecule has 0 saturated heterocycles. The molecule has 1 atom stereocenters. The Bertz CT molecular complexity index is 592. The molecule has 0 aliphatic heterocycles. The van der Waals surface area contributed by atoms with Gasteiger partial charge in [-0.2, -0.15) is 0 Å². The molecule has 0 saturated carbocycles. The van der Waals surface area contributed by atoms with Crippen LogP contribution in [0.25, 0.3) is 0 Å². The molecular formula is C19H25NO. The van der Waals surface area contributed by atoms with E-state index in [2.05, 4.69) is 68.6 Å². The first-order valence-electron chi connectivity index (χ1n) is 7.61. The lowest BCUT2D eigenvalue weighted by Gasteiger charge is -2.20. The number of rotatable bonds is 6. The molecule has 2 rings (SSSR count). The second-order valence-electron chi connectivity index (χ2n) is 5.52. The van der Waals surface area contributed by atoms with Gasteiger partial charge in [0.2, 0.25) is 0 Å². The molecule has 0 bridgehead atoms. The molecule has 0 aliphatic carbocycles. The highest BCUT2D eigenvalue weighted by atomic mass is 16.5. The van der Waals surface area contributed by atoms with Gasteiger partial charge in [0.1, 0.15) is 0 Å². The SMILES string of the molecule is CCOCc1ccccc1NC(C)c1cc(C)ccc1C. The van der Waals surface area contributed by atoms with E-state index in [1.165, 1.54) is 22.3 Å². The van der Waals surface area contributed by atoms with Crippen molar-refractivity contribution < 1.29 is 4.74 Å². The zero-order valence-corrected chi connectivity index (χ0v) is 13.4. The van der Waals surface area contributed by atoms with Crippen molar-refractivity contribution in [1.29, 1.82) is 0 Å². The van der Waals surface area contributed by atoms with Gasteiger partial charge in [-0.25, -0.2) is 0 Å². The average Bonchev–Trinajstić information content (AvgIpc) is 2.48. The second-order valence-corrected chi connectivity index (χ2v) is 5.52. The van der Waals surface area contributed by atoms with Gasteiger partial charge in [-0.3, -0.25) is 0 Å². The van der Waals surface area contributed by atoms with Gasteiger partial charge in [-0.15, -0.1) is 0 Å². The summed E-state index contributed by atoms with van der Waals surface area (Å²) in [6, 6.07) is 15.2. The fourth-order valence-electron chi connectivity index (χ4n) is 2.54. The number of nitrogens with one attached hydrogen (secondary N) is 1. The highest BCUT2D eigenvalue weighted by Gasteiger charge is 2.10. The van der Waals surface area contributed by atoms with E-state index in [1.54, 1.807) is 0 Å². The van der Waals surface area contributed by atoms with Crippen molar-refractivity contribution in [3.63, 3.8) is 0 Å². The van der Waals surface area contributed by atoms with Crippen molar-refractivity contribution in [1.82, 2.24) is 0 Å². The Morgan fingerprint density at radius 2 is 1.86 bits per heavy atom. The molecule has 0 aromatic heterocycles. The third-order valence-corrected chi connectivity index (χ3v) is 3.75. The van der Waals surface area contributed by atoms with Crippen LogP contribution < -0.4 is 5.32 Å². The molecule has 1 N–H and O–H groups in total. The largest absolute Gasteiger partial charge is 0.378 e. The molecule has 0 fully saturated rings. The third kappa shape index (κ3) is 4.08. The monoisotopic (exact) mass is 283 g/mol. The van der Waals surface area contributed by atoms with Gasteiger partial charge in [0.15, 0.2) is 0 Å². The van der Waals surface area contributed by atoms with Gasteiger partial charge in [0.25, 0.3) is 0 Å². The Balaban J connectivity index is 2.19. The summed E-state index contributed by atoms with van der Waals surface area (Å²) in [6.07, 6.45) is 0. The smallest absolute Gasteiger partial charge is 0.0736 e. The lowest BCUT2D eigenvalue weighted by molar-refractivity contribution is 0.134. The molecule has 2 heteroatoms. The first-order chi connectivity index (χ1) is 10.1. The normalized spacial score (nSPS) is 12.2. The standard InChI is InChI=1S/C19H25NO/c1-5-21-13-17-8-6-7-9-19(17)20-16(4)18-12-14(2)10-11-15(18)3/h6-12,16,20H,5,13H2,1-4H3. The van der Waals surface area contributed by atoms with Crippen molar-refractivity contribution in [2.24, 2.45) is 0 Å². The van der Waals surface area contributed by atoms with Gasteiger partial charge in [-0.05, 0) is 44.9 Å². The second kappa shape index (κ2) is 7.28. The number of benzene rings is 2. The molecule has 0 radical (unpaired) electrons. The molecule has 0 amide bonds. The predicted octanol–water partition coefficient (Wildman–Crippen LogP) is 5.01. The zero-order valence-electron chi connectivity index (χ0n) is 13.4. The third-order valence-electron chi connectivity index (χ3n) is 3.75. The maximum absolute atomic E-state index is 5.55. The van der Waals surface area contributed by atoms with Crippen LogP contribution in [0.15, 0.2) is 42.5 Å². The van der Waals surface area contributed by atoms with Crippen LogP contribution in [-0.4, -0.2) is 6.61 Å². The van der Waals surface area contributed by atoms with Crippen molar-refractivity contribution in [2.75, 3.05) is 11.9 Å². The Kier molecular flexibility index (Phi) is 5.40. The van der Waals surface area contributed by atoms with Gasteiger partial charge >= 0.3 is 0 Å². The number of anilines is 1. The van der Waals surface area contributed by atoms with Crippen molar-refractivity contribution in [3.8, 4) is 0 Å². The summed E-state index contributed by atoms with van der Waals surface area (Å²) in [5.41, 5.74) is 6.33. The Hall–Kier alpha value is -1.80. The Labute approximate surface area is 128 Å². The van der Waals surface area contributed by atoms with E-state index in [-0.39, 0.29) is 6.04 Å². The van der Waals surface area contributed by atoms with Gasteiger partial charge in [0, 0.05) is 23.9 Å². The highest BCUT2D eigenvalue weighted by molar-refractivity contribution is 5.53. The molecule has 0 spiro atoms. The Morgan fingerprint density at radius 1 is 1.10 bits per heavy atom. The summed E-state index contributed by atoms with van der Waals surface area (Å²) in [4.78, 5) is 0. The lowest BCUT2D eigenvalue weighted by Crippen LogP contribution is -2.10. The number of hydrogen-bond donors (Lipinski definition) is 1. The molecule has 0 aliphatic rings. The van der Waals surface area contributed by atoms with Gasteiger partial charge in [-0.1, -0.05) is 42.0 Å². The number of aryl methyl sites for hydroxylation is 2. The fourth-order valence-corrected chi connectivity index (χ4v) is 2.54. The Morgan fingerprint density at radius 3 is 2.62 bits per heavy atom. The van der Waals surface area contributed by atoms with Crippen LogP contribution in [0.4, 0.5) is 5.69 Å². The van der Waals surface area contributed by atoms with Crippen LogP contribution in [0.1, 0.15) is 42.1 Å². The highest BCUT2D eigenvalue weighted by Crippen LogP contribution is 2.25. The topological polar surface area (TPSA) is 21.3 Å². The minimum Gasteiger partial charge on any atom is -0.378 e. The van der Waals surface area contributed by atoms with Crippen LogP contribution in [-0.2, 0) is 11.3 Å². The number of para-hydroxylation sites is 1. The molecular weight excluding hydrogens is 258 g/mol. The maximum Gasteiger partial charge on any atom is 0.0736 e. The molecule has 2 aromatic carbocycles. The number of ether oxygens (including phenoxy) is 1. The predicted molar refractivity (Wildman–Crippen MR) is 89.7 cm³/mol. The molecule has 2 nitrogen and oxygen atoms in total. The van der Waals surface area contributed by atoms with E-state index in [0.29, 0.717) is 6.61 Å². The van der Waals surface area contributed by atoms with E-state index in [0.717, 1.165) is 12.3 Å². The van der Waals surface area contributed by atoms with E-state index >= 15 is 0 Å². The molecule has 21 heavy (non-hydrogen) atoms. The van der Waals surface area contributed by atoms with Crippen molar-refractivity contribution in [2.45, 2.75) is 40.3 Å². The molecule has 0 heterocycles. The first-order valence-corrected chi connectivity index (χ1v) is 7.61. The van der Waals surface area contributed by atoms with Crippen LogP contribution in [0.5, 0.6) is 0 Å². The van der Waals surface area contributed by atoms with Crippen molar-refractivity contribution in [3.05, 3.63) is 64.7 Å². The van der Waals surface area contributed by atoms with E-state index in [1.807, 2.05) is 6.92 Å². The van der Waals surface area contributed by atoms with Crippen LogP contribution in [0.3, 0.4) is 0 Å². The minimum atomic E-state index is 0.271. The molecule has 2 aromatic rings. The van der Waals surface area contributed by atoms with Crippen LogP contribution in [0, 0.1) is 13.8 Å². The summed E-state index contributed by atoms with van der Waals surface area (Å²) < 4.78 is 5.55. The van der Waals surface area contributed by atoms with Crippen molar-refractivity contribution >= 4 is 5.69 Å². The summed E-state index contributed by atoms with van der Waals surface area (Å²) in [6.45, 7) is 9.92. The summed E-state index contributed by atoms with van der Waals surface area (Å²) in [5.74, 6) is 0. The summed E-state index contributed by atoms with van der Waals surface area (Å²) >= 11 is 0. The first kappa shape index (κ1) is 15.6. The minimum absolute atomic E-state index is 0.271. The number of hydrogen-bond acceptors (Lipinski definition) is 2. The average molecular weight is 283 g/mol. The fraction of sp³-hybridized carbons (Fsp3) is 0.368. The van der Waals surface area contributed by atoms with E-state index in [4.69, 9.17) is 4.74 Å². The quantitative estimate of drug-likeness (QED) is 0.804. The van der Waals surface area contributed by atoms with Crippen LogP contribution in [0.2, 0.25) is 0 Å². The maximum atomic E-state index is 5.55. The summed E-state index contributed by atoms with van der Waals surface area (Å²) in [5, 5.41) is 3.62. The summed E-state index contributed by atoms with van der Waals surface area (Å²) in [7, 11) is 0.